The summed E-state index contributed by atoms with van der Waals surface area (Å²) in [6.45, 7) is 0. The third-order valence-corrected chi connectivity index (χ3v) is 3.12. The number of rotatable bonds is 2. The number of nitrogens with one attached hydrogen (secondary N) is 2. The third-order valence-electron chi connectivity index (χ3n) is 2.04. The van der Waals surface area contributed by atoms with Gasteiger partial charge in [0.05, 0.1) is 0 Å². The van der Waals surface area contributed by atoms with Crippen molar-refractivity contribution in [3.8, 4) is 0 Å². The highest BCUT2D eigenvalue weighted by Gasteiger charge is 1.98. The zero-order valence-corrected chi connectivity index (χ0v) is 9.60. The van der Waals surface area contributed by atoms with Crippen LogP contribution in [-0.2, 0) is 5.75 Å². The quantitative estimate of drug-likeness (QED) is 0.560. The predicted molar refractivity (Wildman–Crippen MR) is 63.7 cm³/mol. The Labute approximate surface area is 99.1 Å². The van der Waals surface area contributed by atoms with E-state index in [4.69, 9.17) is 0 Å². The number of thiol groups is 1. The average molecular weight is 256 g/mol. The second-order valence-electron chi connectivity index (χ2n) is 3.41. The molecule has 1 heterocycles. The second-order valence-corrected chi connectivity index (χ2v) is 4.49. The van der Waals surface area contributed by atoms with Gasteiger partial charge in [0.2, 0.25) is 0 Å². The zero-order valence-electron chi connectivity index (χ0n) is 8.71. The fourth-order valence-electron chi connectivity index (χ4n) is 1.35. The van der Waals surface area contributed by atoms with Crippen LogP contribution in [0.15, 0.2) is 35.3 Å². The fraction of sp³-hybridized carbons (Fsp3) is 0.0909. The third kappa shape index (κ3) is 3.39. The second kappa shape index (κ2) is 5.09. The molecule has 0 aliphatic heterocycles. The van der Waals surface area contributed by atoms with Crippen molar-refractivity contribution in [3.05, 3.63) is 62.8 Å². The molecule has 0 aliphatic carbocycles. The maximum absolute atomic E-state index is 12.9. The fourth-order valence-corrected chi connectivity index (χ4v) is 2.23. The molecule has 90 valence electrons. The van der Waals surface area contributed by atoms with Gasteiger partial charge in [0.15, 0.2) is 0 Å². The Morgan fingerprint density at radius 2 is 1.88 bits per heavy atom. The minimum atomic E-state index is -0.597. The Kier molecular flexibility index (Phi) is 3.53. The zero-order chi connectivity index (χ0) is 12.3. The summed E-state index contributed by atoms with van der Waals surface area (Å²) in [7, 11) is 0. The molecule has 1 aromatic carbocycles. The number of hydrogen-bond donors (Lipinski definition) is 3. The van der Waals surface area contributed by atoms with Gasteiger partial charge in [-0.25, -0.2) is 8.78 Å². The first-order chi connectivity index (χ1) is 8.13. The largest absolute Gasteiger partial charge is 0.343 e. The van der Waals surface area contributed by atoms with E-state index in [2.05, 4.69) is 9.97 Å². The lowest BCUT2D eigenvalue weighted by atomic mass is 10.2. The number of aromatic nitrogens is 2. The van der Waals surface area contributed by atoms with Crippen LogP contribution in [0.3, 0.4) is 0 Å². The van der Waals surface area contributed by atoms with Gasteiger partial charge >= 0.3 is 0 Å². The molecule has 1 aromatic heterocycles. The normalized spacial score (nSPS) is 12.2. The molecule has 0 aliphatic rings. The minimum Gasteiger partial charge on any atom is -0.343 e. The number of aromatic amines is 2. The monoisotopic (exact) mass is 256 g/mol. The van der Waals surface area contributed by atoms with E-state index in [1.165, 1.54) is 24.4 Å². The Morgan fingerprint density at radius 1 is 1.18 bits per heavy atom. The molecule has 0 bridgehead atoms. The highest BCUT2D eigenvalue weighted by Crippen LogP contribution is 2.12. The van der Waals surface area contributed by atoms with E-state index in [1.54, 1.807) is 0 Å². The lowest BCUT2D eigenvalue weighted by molar-refractivity contribution is 0.581. The maximum atomic E-state index is 12.9. The van der Waals surface area contributed by atoms with Crippen LogP contribution in [0.1, 0.15) is 5.56 Å². The Hall–Kier alpha value is -1.69. The molecule has 0 spiro atoms. The molecule has 2 N–H and O–H groups in total. The van der Waals surface area contributed by atoms with Gasteiger partial charge in [0.25, 0.3) is 5.56 Å². The van der Waals surface area contributed by atoms with Gasteiger partial charge in [0, 0.05) is 24.1 Å². The Balaban J connectivity index is 2.28. The summed E-state index contributed by atoms with van der Waals surface area (Å²) in [5, 5.41) is 0. The molecule has 0 radical (unpaired) electrons. The molecule has 0 saturated heterocycles. The molecule has 0 unspecified atom stereocenters. The van der Waals surface area contributed by atoms with Gasteiger partial charge in [-0.3, -0.25) is 4.79 Å². The minimum absolute atomic E-state index is 0.211. The van der Waals surface area contributed by atoms with Crippen molar-refractivity contribution in [2.45, 2.75) is 5.75 Å². The summed E-state index contributed by atoms with van der Waals surface area (Å²) in [5.41, 5.74) is 0.332. The molecular weight excluding hydrogens is 246 g/mol. The first-order valence-electron chi connectivity index (χ1n) is 4.87. The van der Waals surface area contributed by atoms with E-state index in [1.807, 2.05) is 0 Å². The molecule has 3 nitrogen and oxygen atoms in total. The number of benzene rings is 1. The number of halogens is 2. The van der Waals surface area contributed by atoms with Crippen LogP contribution < -0.4 is 5.56 Å². The van der Waals surface area contributed by atoms with Gasteiger partial charge < -0.3 is 9.97 Å². The molecule has 0 amide bonds. The SMILES string of the molecule is O=c1cc[nH]c(=[SH]Cc2cc(F)cc(F)c2)[nH]1. The molecule has 6 heteroatoms. The van der Waals surface area contributed by atoms with Crippen LogP contribution in [-0.4, -0.2) is 9.97 Å². The van der Waals surface area contributed by atoms with Gasteiger partial charge in [-0.05, 0) is 17.7 Å². The first kappa shape index (κ1) is 11.8. The smallest absolute Gasteiger partial charge is 0.251 e. The predicted octanol–water partition coefficient (Wildman–Crippen LogP) is 2.18. The van der Waals surface area contributed by atoms with Crippen molar-refractivity contribution in [1.82, 2.24) is 9.97 Å². The number of hydrogen-bond acceptors (Lipinski definition) is 1. The molecule has 17 heavy (non-hydrogen) atoms. The van der Waals surface area contributed by atoms with Crippen molar-refractivity contribution < 1.29 is 8.78 Å². The summed E-state index contributed by atoms with van der Waals surface area (Å²) < 4.78 is 26.4. The van der Waals surface area contributed by atoms with Crippen LogP contribution >= 0.6 is 11.4 Å². The van der Waals surface area contributed by atoms with Crippen LogP contribution in [0, 0.1) is 16.4 Å². The van der Waals surface area contributed by atoms with Gasteiger partial charge in [-0.1, -0.05) is 0 Å². The van der Waals surface area contributed by atoms with Crippen molar-refractivity contribution in [1.29, 1.82) is 0 Å². The summed E-state index contributed by atoms with van der Waals surface area (Å²) in [6, 6.07) is 4.74. The molecular formula is C11H10F2N2OS. The van der Waals surface area contributed by atoms with E-state index in [-0.39, 0.29) is 5.56 Å². The van der Waals surface area contributed by atoms with Crippen LogP contribution in [0.25, 0.3) is 0 Å². The summed E-state index contributed by atoms with van der Waals surface area (Å²) in [6.07, 6.45) is 1.52. The number of H-pyrrole nitrogens is 2. The van der Waals surface area contributed by atoms with Gasteiger partial charge in [-0.2, -0.15) is 11.4 Å². The van der Waals surface area contributed by atoms with Gasteiger partial charge in [-0.15, -0.1) is 0 Å². The van der Waals surface area contributed by atoms with E-state index >= 15 is 0 Å². The lowest BCUT2D eigenvalue weighted by Gasteiger charge is -1.98. The topological polar surface area (TPSA) is 48.6 Å². The highest BCUT2D eigenvalue weighted by atomic mass is 32.1. The summed E-state index contributed by atoms with van der Waals surface area (Å²) >= 11 is 0.744. The van der Waals surface area contributed by atoms with Crippen LogP contribution in [0.5, 0.6) is 0 Å². The van der Waals surface area contributed by atoms with E-state index in [9.17, 15) is 13.6 Å². The van der Waals surface area contributed by atoms with Gasteiger partial charge in [0.1, 0.15) is 16.4 Å². The van der Waals surface area contributed by atoms with Crippen molar-refractivity contribution in [2.24, 2.45) is 0 Å². The lowest BCUT2D eigenvalue weighted by Crippen LogP contribution is -2.03. The summed E-state index contributed by atoms with van der Waals surface area (Å²) in [5.74, 6) is -0.771. The average Bonchev–Trinajstić information content (AvgIpc) is 2.25. The van der Waals surface area contributed by atoms with Crippen LogP contribution in [0.4, 0.5) is 8.78 Å². The molecule has 2 aromatic rings. The molecule has 0 fully saturated rings. The van der Waals surface area contributed by atoms with Crippen molar-refractivity contribution in [2.75, 3.05) is 0 Å². The van der Waals surface area contributed by atoms with Crippen LogP contribution in [0.2, 0.25) is 0 Å². The standard InChI is InChI=1S/C11H10F2N2OS/c12-8-3-7(4-9(13)5-8)6-17-11-14-2-1-10(16)15-11/h1-5,14,17H,6H2,(H,15,16). The molecule has 2 rings (SSSR count). The molecule has 0 atom stereocenters. The Morgan fingerprint density at radius 3 is 2.53 bits per heavy atom. The van der Waals surface area contributed by atoms with E-state index in [0.717, 1.165) is 17.4 Å². The van der Waals surface area contributed by atoms with E-state index in [0.29, 0.717) is 16.1 Å². The molecule has 0 saturated carbocycles. The summed E-state index contributed by atoms with van der Waals surface area (Å²) in [4.78, 5) is 16.5. The van der Waals surface area contributed by atoms with E-state index < -0.39 is 11.6 Å². The first-order valence-corrected chi connectivity index (χ1v) is 5.95. The maximum Gasteiger partial charge on any atom is 0.251 e. The highest BCUT2D eigenvalue weighted by molar-refractivity contribution is 7.90. The van der Waals surface area contributed by atoms with Crippen molar-refractivity contribution in [3.63, 3.8) is 0 Å². The van der Waals surface area contributed by atoms with Crippen molar-refractivity contribution >= 4 is 11.4 Å². The Bertz CT molecular complexity index is 628.